The molecule has 9 heteroatoms. The van der Waals surface area contributed by atoms with Gasteiger partial charge in [0, 0.05) is 18.9 Å². The van der Waals surface area contributed by atoms with Crippen molar-refractivity contribution in [3.8, 4) is 0 Å². The number of rotatable bonds is 6. The molecule has 25 heavy (non-hydrogen) atoms. The van der Waals surface area contributed by atoms with Crippen molar-refractivity contribution in [3.05, 3.63) is 58.1 Å². The molecule has 1 aromatic carbocycles. The maximum Gasteiger partial charge on any atom is 0.416 e. The number of aryl methyl sites for hydroxylation is 1. The lowest BCUT2D eigenvalue weighted by atomic mass is 10.1. The Labute approximate surface area is 143 Å². The van der Waals surface area contributed by atoms with Gasteiger partial charge in [0.15, 0.2) is 0 Å². The summed E-state index contributed by atoms with van der Waals surface area (Å²) in [6.45, 7) is 2.28. The van der Waals surface area contributed by atoms with Crippen LogP contribution in [0.2, 0.25) is 0 Å². The van der Waals surface area contributed by atoms with Crippen molar-refractivity contribution >= 4 is 9.84 Å². The van der Waals surface area contributed by atoms with Crippen LogP contribution in [-0.4, -0.2) is 18.0 Å². The number of alkyl halides is 3. The fourth-order valence-corrected chi connectivity index (χ4v) is 3.63. The topological polar surface area (TPSA) is 69.0 Å². The van der Waals surface area contributed by atoms with Crippen LogP contribution in [0, 0.1) is 0 Å². The molecule has 0 saturated heterocycles. The van der Waals surface area contributed by atoms with Crippen LogP contribution in [0.5, 0.6) is 0 Å². The summed E-state index contributed by atoms with van der Waals surface area (Å²) in [7, 11) is -4.17. The molecular weight excluding hydrogens is 357 g/mol. The molecule has 0 bridgehead atoms. The number of hydrogen-bond acceptors (Lipinski definition) is 4. The Morgan fingerprint density at radius 2 is 1.96 bits per heavy atom. The van der Waals surface area contributed by atoms with Crippen molar-refractivity contribution in [1.82, 2.24) is 9.55 Å². The third kappa shape index (κ3) is 4.68. The van der Waals surface area contributed by atoms with E-state index in [-0.39, 0.29) is 5.56 Å². The van der Waals surface area contributed by atoms with Crippen molar-refractivity contribution in [1.29, 1.82) is 0 Å². The average Bonchev–Trinajstić information content (AvgIpc) is 2.52. The Bertz CT molecular complexity index is 905. The number of nitrogens with zero attached hydrogens (tertiary/aromatic N) is 2. The highest BCUT2D eigenvalue weighted by atomic mass is 32.2. The van der Waals surface area contributed by atoms with Crippen LogP contribution < -0.4 is 5.56 Å². The van der Waals surface area contributed by atoms with E-state index in [1.165, 1.54) is 23.0 Å². The molecule has 0 fully saturated rings. The molecule has 0 amide bonds. The van der Waals surface area contributed by atoms with E-state index in [9.17, 15) is 26.4 Å². The minimum atomic E-state index is -4.57. The van der Waals surface area contributed by atoms with E-state index in [2.05, 4.69) is 4.98 Å². The summed E-state index contributed by atoms with van der Waals surface area (Å²) in [5.41, 5.74) is -1.76. The highest BCUT2D eigenvalue weighted by Gasteiger charge is 2.31. The minimum Gasteiger partial charge on any atom is -0.312 e. The zero-order valence-electron chi connectivity index (χ0n) is 13.5. The largest absolute Gasteiger partial charge is 0.416 e. The third-order valence-corrected chi connectivity index (χ3v) is 5.12. The summed E-state index contributed by atoms with van der Waals surface area (Å²) in [5, 5.41) is -0.650. The normalized spacial score (nSPS) is 12.3. The molecule has 0 radical (unpaired) electrons. The second kappa shape index (κ2) is 7.38. The molecule has 0 atom stereocenters. The summed E-state index contributed by atoms with van der Waals surface area (Å²) >= 11 is 0. The van der Waals surface area contributed by atoms with Gasteiger partial charge in [0.25, 0.3) is 5.56 Å². The first-order valence-electron chi connectivity index (χ1n) is 7.59. The van der Waals surface area contributed by atoms with Crippen LogP contribution in [-0.2, 0) is 28.3 Å². The predicted molar refractivity (Wildman–Crippen MR) is 85.7 cm³/mol. The molecule has 2 aromatic rings. The van der Waals surface area contributed by atoms with Gasteiger partial charge in [-0.05, 0) is 18.1 Å². The van der Waals surface area contributed by atoms with Crippen molar-refractivity contribution in [2.45, 2.75) is 43.3 Å². The van der Waals surface area contributed by atoms with Gasteiger partial charge in [0.2, 0.25) is 14.9 Å². The minimum absolute atomic E-state index is 0.0556. The first-order chi connectivity index (χ1) is 11.6. The van der Waals surface area contributed by atoms with Gasteiger partial charge < -0.3 is 4.57 Å². The summed E-state index contributed by atoms with van der Waals surface area (Å²) in [6.07, 6.45) is -0.465. The molecule has 5 nitrogen and oxygen atoms in total. The first-order valence-corrected chi connectivity index (χ1v) is 9.24. The fraction of sp³-hybridized carbons (Fsp3) is 0.375. The number of hydrogen-bond donors (Lipinski definition) is 0. The molecule has 0 N–H and O–H groups in total. The van der Waals surface area contributed by atoms with E-state index < -0.39 is 37.9 Å². The molecule has 2 rings (SSSR count). The van der Waals surface area contributed by atoms with Crippen LogP contribution in [0.25, 0.3) is 0 Å². The molecule has 0 saturated carbocycles. The van der Waals surface area contributed by atoms with Crippen LogP contribution in [0.15, 0.2) is 46.5 Å². The molecule has 0 unspecified atom stereocenters. The summed E-state index contributed by atoms with van der Waals surface area (Å²) in [5.74, 6) is -0.725. The number of unbranched alkanes of at least 4 members (excludes halogenated alkanes) is 1. The van der Waals surface area contributed by atoms with Crippen molar-refractivity contribution in [2.75, 3.05) is 0 Å². The van der Waals surface area contributed by atoms with E-state index in [4.69, 9.17) is 0 Å². The summed E-state index contributed by atoms with van der Waals surface area (Å²) in [6, 6.07) is 4.02. The van der Waals surface area contributed by atoms with Gasteiger partial charge in [-0.1, -0.05) is 31.5 Å². The lowest BCUT2D eigenvalue weighted by Gasteiger charge is -2.10. The molecule has 0 aliphatic rings. The lowest BCUT2D eigenvalue weighted by molar-refractivity contribution is -0.137. The summed E-state index contributed by atoms with van der Waals surface area (Å²) < 4.78 is 64.4. The number of aromatic nitrogens is 2. The van der Waals surface area contributed by atoms with Gasteiger partial charge in [-0.15, -0.1) is 0 Å². The molecule has 0 aliphatic carbocycles. The van der Waals surface area contributed by atoms with Gasteiger partial charge in [-0.25, -0.2) is 13.4 Å². The predicted octanol–water partition coefficient (Wildman–Crippen LogP) is 3.04. The van der Waals surface area contributed by atoms with E-state index in [1.807, 2.05) is 6.92 Å². The average molecular weight is 374 g/mol. The van der Waals surface area contributed by atoms with Crippen molar-refractivity contribution < 1.29 is 21.6 Å². The maximum atomic E-state index is 12.7. The van der Waals surface area contributed by atoms with E-state index in [0.29, 0.717) is 13.0 Å². The second-order valence-corrected chi connectivity index (χ2v) is 7.45. The Hall–Kier alpha value is -2.16. The van der Waals surface area contributed by atoms with Gasteiger partial charge in [0.1, 0.15) is 0 Å². The SMILES string of the molecule is CCCCn1ccnc(S(=O)(=O)Cc2cccc(C(F)(F)F)c2)c1=O. The third-order valence-electron chi connectivity index (χ3n) is 3.54. The van der Waals surface area contributed by atoms with Gasteiger partial charge in [-0.3, -0.25) is 4.79 Å². The van der Waals surface area contributed by atoms with Crippen LogP contribution in [0.1, 0.15) is 30.9 Å². The Balaban J connectivity index is 2.36. The quantitative estimate of drug-likeness (QED) is 0.779. The second-order valence-electron chi connectivity index (χ2n) is 5.54. The number of benzene rings is 1. The molecule has 1 heterocycles. The lowest BCUT2D eigenvalue weighted by Crippen LogP contribution is -2.27. The molecular formula is C16H17F3N2O3S. The number of halogens is 3. The Kier molecular flexibility index (Phi) is 5.66. The first kappa shape index (κ1) is 19.2. The number of sulfone groups is 1. The zero-order valence-corrected chi connectivity index (χ0v) is 14.3. The highest BCUT2D eigenvalue weighted by Crippen LogP contribution is 2.30. The van der Waals surface area contributed by atoms with Crippen LogP contribution >= 0.6 is 0 Å². The van der Waals surface area contributed by atoms with E-state index >= 15 is 0 Å². The molecule has 1 aromatic heterocycles. The van der Waals surface area contributed by atoms with Gasteiger partial charge >= 0.3 is 6.18 Å². The van der Waals surface area contributed by atoms with Crippen LogP contribution in [0.3, 0.4) is 0 Å². The summed E-state index contributed by atoms with van der Waals surface area (Å²) in [4.78, 5) is 15.9. The maximum absolute atomic E-state index is 12.7. The monoisotopic (exact) mass is 374 g/mol. The Morgan fingerprint density at radius 1 is 1.24 bits per heavy atom. The molecule has 0 aliphatic heterocycles. The zero-order chi connectivity index (χ0) is 18.7. The van der Waals surface area contributed by atoms with Gasteiger partial charge in [0.05, 0.1) is 11.3 Å². The van der Waals surface area contributed by atoms with Crippen molar-refractivity contribution in [3.63, 3.8) is 0 Å². The Morgan fingerprint density at radius 3 is 2.60 bits per heavy atom. The fourth-order valence-electron chi connectivity index (χ4n) is 2.27. The molecule has 136 valence electrons. The molecule has 0 spiro atoms. The smallest absolute Gasteiger partial charge is 0.312 e. The van der Waals surface area contributed by atoms with Crippen LogP contribution in [0.4, 0.5) is 13.2 Å². The van der Waals surface area contributed by atoms with Gasteiger partial charge in [-0.2, -0.15) is 13.2 Å². The standard InChI is InChI=1S/C16H17F3N2O3S/c1-2-3-8-21-9-7-20-14(15(21)22)25(23,24)11-12-5-4-6-13(10-12)16(17,18)19/h4-7,9-10H,2-3,8,11H2,1H3. The van der Waals surface area contributed by atoms with E-state index in [1.54, 1.807) is 0 Å². The van der Waals surface area contributed by atoms with E-state index in [0.717, 1.165) is 24.6 Å². The highest BCUT2D eigenvalue weighted by molar-refractivity contribution is 7.90. The van der Waals surface area contributed by atoms with Crippen molar-refractivity contribution in [2.24, 2.45) is 0 Å².